The van der Waals surface area contributed by atoms with Crippen molar-refractivity contribution in [2.45, 2.75) is 31.8 Å². The standard InChI is InChI=1S/C10H19N5/c1(5-13-10-2-3-10)4-11-6-7-15-9-12-8-14-15/h8-11,13H,1-7H2. The van der Waals surface area contributed by atoms with E-state index >= 15 is 0 Å². The van der Waals surface area contributed by atoms with Gasteiger partial charge in [-0.2, -0.15) is 5.10 Å². The van der Waals surface area contributed by atoms with E-state index in [2.05, 4.69) is 20.7 Å². The molecule has 0 spiro atoms. The first-order chi connectivity index (χ1) is 7.45. The summed E-state index contributed by atoms with van der Waals surface area (Å²) in [6.07, 6.45) is 7.27. The first-order valence-corrected chi connectivity index (χ1v) is 5.71. The fourth-order valence-electron chi connectivity index (χ4n) is 1.47. The Bertz CT molecular complexity index is 255. The maximum atomic E-state index is 4.03. The van der Waals surface area contributed by atoms with Crippen molar-refractivity contribution in [3.8, 4) is 0 Å². The van der Waals surface area contributed by atoms with Crippen LogP contribution in [0, 0.1) is 0 Å². The molecule has 15 heavy (non-hydrogen) atoms. The highest BCUT2D eigenvalue weighted by Gasteiger charge is 2.19. The predicted molar refractivity (Wildman–Crippen MR) is 58.5 cm³/mol. The minimum Gasteiger partial charge on any atom is -0.315 e. The summed E-state index contributed by atoms with van der Waals surface area (Å²) in [6, 6.07) is 0.833. The molecule has 0 bridgehead atoms. The third-order valence-corrected chi connectivity index (χ3v) is 2.52. The van der Waals surface area contributed by atoms with Crippen LogP contribution in [0.15, 0.2) is 12.7 Å². The molecule has 2 N–H and O–H groups in total. The molecule has 1 aliphatic rings. The summed E-state index contributed by atoms with van der Waals surface area (Å²) in [6.45, 7) is 4.08. The zero-order valence-corrected chi connectivity index (χ0v) is 9.02. The van der Waals surface area contributed by atoms with Crippen molar-refractivity contribution in [1.29, 1.82) is 0 Å². The maximum Gasteiger partial charge on any atom is 0.137 e. The van der Waals surface area contributed by atoms with E-state index in [9.17, 15) is 0 Å². The minimum absolute atomic E-state index is 0.833. The Labute approximate surface area is 90.3 Å². The zero-order chi connectivity index (χ0) is 10.3. The molecule has 5 heteroatoms. The summed E-state index contributed by atoms with van der Waals surface area (Å²) >= 11 is 0. The van der Waals surface area contributed by atoms with Gasteiger partial charge in [0, 0.05) is 12.6 Å². The van der Waals surface area contributed by atoms with Gasteiger partial charge in [-0.25, -0.2) is 4.98 Å². The Hall–Kier alpha value is -0.940. The van der Waals surface area contributed by atoms with Gasteiger partial charge in [-0.15, -0.1) is 0 Å². The average Bonchev–Trinajstić information content (AvgIpc) is 2.92. The molecule has 0 saturated heterocycles. The number of hydrogen-bond donors (Lipinski definition) is 2. The van der Waals surface area contributed by atoms with E-state index in [-0.39, 0.29) is 0 Å². The lowest BCUT2D eigenvalue weighted by Gasteiger charge is -2.05. The van der Waals surface area contributed by atoms with E-state index in [0.717, 1.165) is 32.2 Å². The monoisotopic (exact) mass is 209 g/mol. The first kappa shape index (κ1) is 10.6. The number of nitrogens with zero attached hydrogens (tertiary/aromatic N) is 3. The van der Waals surface area contributed by atoms with Gasteiger partial charge in [-0.1, -0.05) is 0 Å². The number of nitrogens with one attached hydrogen (secondary N) is 2. The van der Waals surface area contributed by atoms with Gasteiger partial charge in [0.05, 0.1) is 6.54 Å². The van der Waals surface area contributed by atoms with Gasteiger partial charge < -0.3 is 10.6 Å². The van der Waals surface area contributed by atoms with Gasteiger partial charge in [0.1, 0.15) is 12.7 Å². The van der Waals surface area contributed by atoms with E-state index in [0.29, 0.717) is 0 Å². The van der Waals surface area contributed by atoms with Gasteiger partial charge in [0.25, 0.3) is 0 Å². The number of hydrogen-bond acceptors (Lipinski definition) is 4. The van der Waals surface area contributed by atoms with E-state index in [1.165, 1.54) is 19.3 Å². The summed E-state index contributed by atoms with van der Waals surface area (Å²) in [5.74, 6) is 0. The molecule has 1 fully saturated rings. The van der Waals surface area contributed by atoms with Gasteiger partial charge >= 0.3 is 0 Å². The van der Waals surface area contributed by atoms with Crippen LogP contribution in [0.5, 0.6) is 0 Å². The summed E-state index contributed by atoms with van der Waals surface area (Å²) in [5.41, 5.74) is 0. The van der Waals surface area contributed by atoms with Crippen molar-refractivity contribution in [1.82, 2.24) is 25.4 Å². The van der Waals surface area contributed by atoms with Crippen LogP contribution in [0.1, 0.15) is 19.3 Å². The fraction of sp³-hybridized carbons (Fsp3) is 0.800. The Morgan fingerprint density at radius 3 is 2.93 bits per heavy atom. The summed E-state index contributed by atoms with van der Waals surface area (Å²) in [4.78, 5) is 3.89. The molecule has 1 heterocycles. The largest absolute Gasteiger partial charge is 0.315 e. The van der Waals surface area contributed by atoms with Crippen molar-refractivity contribution < 1.29 is 0 Å². The van der Waals surface area contributed by atoms with Crippen LogP contribution in [0.4, 0.5) is 0 Å². The first-order valence-electron chi connectivity index (χ1n) is 5.71. The van der Waals surface area contributed by atoms with Crippen LogP contribution in [-0.2, 0) is 6.54 Å². The highest BCUT2D eigenvalue weighted by atomic mass is 15.3. The lowest BCUT2D eigenvalue weighted by molar-refractivity contribution is 0.535. The lowest BCUT2D eigenvalue weighted by atomic mass is 10.4. The van der Waals surface area contributed by atoms with Crippen LogP contribution >= 0.6 is 0 Å². The van der Waals surface area contributed by atoms with Gasteiger partial charge in [-0.3, -0.25) is 4.68 Å². The quantitative estimate of drug-likeness (QED) is 0.592. The van der Waals surface area contributed by atoms with Crippen molar-refractivity contribution in [2.75, 3.05) is 19.6 Å². The van der Waals surface area contributed by atoms with Crippen LogP contribution in [0.2, 0.25) is 0 Å². The Morgan fingerprint density at radius 2 is 2.20 bits per heavy atom. The average molecular weight is 209 g/mol. The predicted octanol–water partition coefficient (Wildman–Crippen LogP) is 0.00980. The molecule has 1 saturated carbocycles. The Kier molecular flexibility index (Phi) is 4.11. The second-order valence-corrected chi connectivity index (χ2v) is 3.99. The minimum atomic E-state index is 0.833. The third-order valence-electron chi connectivity index (χ3n) is 2.52. The van der Waals surface area contributed by atoms with E-state index in [4.69, 9.17) is 0 Å². The molecular formula is C10H19N5. The molecule has 5 nitrogen and oxygen atoms in total. The van der Waals surface area contributed by atoms with Crippen molar-refractivity contribution >= 4 is 0 Å². The lowest BCUT2D eigenvalue weighted by Crippen LogP contribution is -2.25. The summed E-state index contributed by atoms with van der Waals surface area (Å²) in [5, 5.41) is 10.9. The summed E-state index contributed by atoms with van der Waals surface area (Å²) in [7, 11) is 0. The molecule has 0 unspecified atom stereocenters. The molecule has 84 valence electrons. The van der Waals surface area contributed by atoms with Crippen molar-refractivity contribution in [2.24, 2.45) is 0 Å². The second-order valence-electron chi connectivity index (χ2n) is 3.99. The van der Waals surface area contributed by atoms with Crippen LogP contribution < -0.4 is 10.6 Å². The SMILES string of the molecule is c1ncn(CCNCCCNC2CC2)n1. The number of aromatic nitrogens is 3. The molecule has 1 aromatic rings. The maximum absolute atomic E-state index is 4.03. The van der Waals surface area contributed by atoms with Crippen molar-refractivity contribution in [3.63, 3.8) is 0 Å². The van der Waals surface area contributed by atoms with Gasteiger partial charge in [0.2, 0.25) is 0 Å². The van der Waals surface area contributed by atoms with E-state index in [1.54, 1.807) is 12.7 Å². The highest BCUT2D eigenvalue weighted by molar-refractivity contribution is 4.80. The van der Waals surface area contributed by atoms with Crippen LogP contribution in [0.25, 0.3) is 0 Å². The highest BCUT2D eigenvalue weighted by Crippen LogP contribution is 2.18. The topological polar surface area (TPSA) is 54.8 Å². The molecule has 1 aromatic heterocycles. The normalized spacial score (nSPS) is 15.7. The fourth-order valence-corrected chi connectivity index (χ4v) is 1.47. The smallest absolute Gasteiger partial charge is 0.137 e. The van der Waals surface area contributed by atoms with Gasteiger partial charge in [0.15, 0.2) is 0 Å². The van der Waals surface area contributed by atoms with Crippen LogP contribution in [-0.4, -0.2) is 40.4 Å². The molecular weight excluding hydrogens is 190 g/mol. The molecule has 0 aliphatic heterocycles. The van der Waals surface area contributed by atoms with E-state index < -0.39 is 0 Å². The Morgan fingerprint density at radius 1 is 1.27 bits per heavy atom. The molecule has 1 aliphatic carbocycles. The molecule has 0 amide bonds. The molecule has 0 atom stereocenters. The van der Waals surface area contributed by atoms with Crippen molar-refractivity contribution in [3.05, 3.63) is 12.7 Å². The zero-order valence-electron chi connectivity index (χ0n) is 9.02. The Balaban J connectivity index is 1.38. The number of rotatable bonds is 8. The second kappa shape index (κ2) is 5.82. The van der Waals surface area contributed by atoms with Crippen LogP contribution in [0.3, 0.4) is 0 Å². The van der Waals surface area contributed by atoms with E-state index in [1.807, 2.05) is 4.68 Å². The molecule has 0 radical (unpaired) electrons. The van der Waals surface area contributed by atoms with Gasteiger partial charge in [-0.05, 0) is 32.4 Å². The third kappa shape index (κ3) is 4.40. The summed E-state index contributed by atoms with van der Waals surface area (Å²) < 4.78 is 1.84. The molecule has 0 aromatic carbocycles. The molecule has 2 rings (SSSR count).